The molecule has 124 valence electrons. The summed E-state index contributed by atoms with van der Waals surface area (Å²) in [4.78, 5) is 25.5. The number of rotatable bonds is 3. The number of hydrogen-bond donors (Lipinski definition) is 0. The molecule has 1 heterocycles. The van der Waals surface area contributed by atoms with Gasteiger partial charge in [-0.2, -0.15) is 0 Å². The molecule has 0 N–H and O–H groups in total. The molecule has 6 nitrogen and oxygen atoms in total. The van der Waals surface area contributed by atoms with Gasteiger partial charge in [0.2, 0.25) is 0 Å². The van der Waals surface area contributed by atoms with Crippen molar-refractivity contribution >= 4 is 33.6 Å². The van der Waals surface area contributed by atoms with Crippen LogP contribution in [-0.2, 0) is 23.8 Å². The van der Waals surface area contributed by atoms with E-state index in [9.17, 15) is 14.0 Å². The lowest BCUT2D eigenvalue weighted by Gasteiger charge is -2.32. The first-order valence-electron chi connectivity index (χ1n) is 6.61. The molecule has 0 spiro atoms. The SMILES string of the molecule is COC(=O)C1=C(C(=O)OC)N(c2cc(C)cc(F)c2Br)COC1. The number of esters is 2. The first-order chi connectivity index (χ1) is 10.9. The van der Waals surface area contributed by atoms with Crippen LogP contribution in [0.5, 0.6) is 0 Å². The van der Waals surface area contributed by atoms with E-state index in [4.69, 9.17) is 9.47 Å². The molecule has 0 aromatic heterocycles. The summed E-state index contributed by atoms with van der Waals surface area (Å²) in [7, 11) is 2.40. The van der Waals surface area contributed by atoms with Crippen molar-refractivity contribution in [1.82, 2.24) is 0 Å². The van der Waals surface area contributed by atoms with Gasteiger partial charge in [-0.15, -0.1) is 0 Å². The molecule has 1 aromatic carbocycles. The Balaban J connectivity index is 2.65. The van der Waals surface area contributed by atoms with Gasteiger partial charge in [-0.25, -0.2) is 14.0 Å². The number of carbonyl (C=O) groups excluding carboxylic acids is 2. The van der Waals surface area contributed by atoms with Crippen LogP contribution in [0.15, 0.2) is 27.9 Å². The molecule has 0 saturated carbocycles. The minimum Gasteiger partial charge on any atom is -0.466 e. The fourth-order valence-corrected chi connectivity index (χ4v) is 2.68. The quantitative estimate of drug-likeness (QED) is 0.741. The van der Waals surface area contributed by atoms with Gasteiger partial charge in [0, 0.05) is 0 Å². The highest BCUT2D eigenvalue weighted by molar-refractivity contribution is 9.10. The summed E-state index contributed by atoms with van der Waals surface area (Å²) in [5.74, 6) is -1.93. The van der Waals surface area contributed by atoms with Gasteiger partial charge >= 0.3 is 11.9 Å². The molecule has 0 atom stereocenters. The zero-order valence-electron chi connectivity index (χ0n) is 12.8. The van der Waals surface area contributed by atoms with Crippen LogP contribution in [0.4, 0.5) is 10.1 Å². The van der Waals surface area contributed by atoms with Crippen molar-refractivity contribution in [3.8, 4) is 0 Å². The maximum Gasteiger partial charge on any atom is 0.355 e. The summed E-state index contributed by atoms with van der Waals surface area (Å²) in [5, 5.41) is 0. The van der Waals surface area contributed by atoms with Crippen molar-refractivity contribution in [3.05, 3.63) is 39.3 Å². The van der Waals surface area contributed by atoms with E-state index in [1.54, 1.807) is 13.0 Å². The van der Waals surface area contributed by atoms with Crippen LogP contribution >= 0.6 is 15.9 Å². The largest absolute Gasteiger partial charge is 0.466 e. The summed E-state index contributed by atoms with van der Waals surface area (Å²) in [5.41, 5.74) is 0.981. The molecule has 2 rings (SSSR count). The molecule has 0 bridgehead atoms. The van der Waals surface area contributed by atoms with Crippen LogP contribution < -0.4 is 4.90 Å². The first kappa shape index (κ1) is 17.4. The lowest BCUT2D eigenvalue weighted by Crippen LogP contribution is -2.39. The van der Waals surface area contributed by atoms with Crippen LogP contribution in [0.2, 0.25) is 0 Å². The Labute approximate surface area is 140 Å². The van der Waals surface area contributed by atoms with Crippen LogP contribution in [0.1, 0.15) is 5.56 Å². The van der Waals surface area contributed by atoms with Crippen molar-refractivity contribution in [3.63, 3.8) is 0 Å². The Kier molecular flexibility index (Phi) is 5.38. The minimum absolute atomic E-state index is 0.0133. The van der Waals surface area contributed by atoms with Crippen molar-refractivity contribution < 1.29 is 28.2 Å². The average Bonchev–Trinajstić information content (AvgIpc) is 2.55. The Morgan fingerprint density at radius 1 is 1.26 bits per heavy atom. The van der Waals surface area contributed by atoms with E-state index in [0.29, 0.717) is 11.3 Å². The standard InChI is InChI=1S/C15H15BrFNO5/c1-8-4-10(17)12(16)11(5-8)18-7-23-6-9(14(19)21-2)13(18)15(20)22-3/h4-5H,6-7H2,1-3H3. The molecule has 0 radical (unpaired) electrons. The molecule has 0 aliphatic carbocycles. The fourth-order valence-electron chi connectivity index (χ4n) is 2.24. The second-order valence-electron chi connectivity index (χ2n) is 4.80. The Bertz CT molecular complexity index is 689. The van der Waals surface area contributed by atoms with Crippen molar-refractivity contribution in [2.24, 2.45) is 0 Å². The molecule has 0 unspecified atom stereocenters. The number of hydrogen-bond acceptors (Lipinski definition) is 6. The van der Waals surface area contributed by atoms with E-state index in [-0.39, 0.29) is 29.1 Å². The van der Waals surface area contributed by atoms with E-state index in [2.05, 4.69) is 20.7 Å². The summed E-state index contributed by atoms with van der Waals surface area (Å²) in [6, 6.07) is 3.01. The molecule has 0 amide bonds. The van der Waals surface area contributed by atoms with Gasteiger partial charge in [-0.05, 0) is 40.5 Å². The number of aryl methyl sites for hydroxylation is 1. The lowest BCUT2D eigenvalue weighted by molar-refractivity contribution is -0.140. The maximum absolute atomic E-state index is 14.0. The van der Waals surface area contributed by atoms with Crippen LogP contribution in [0.25, 0.3) is 0 Å². The first-order valence-corrected chi connectivity index (χ1v) is 7.40. The molecule has 8 heteroatoms. The third-order valence-corrected chi connectivity index (χ3v) is 4.06. The van der Waals surface area contributed by atoms with E-state index in [1.165, 1.54) is 25.2 Å². The molecular formula is C15H15BrFNO5. The number of anilines is 1. The number of ether oxygens (including phenoxy) is 3. The summed E-state index contributed by atoms with van der Waals surface area (Å²) >= 11 is 3.16. The van der Waals surface area contributed by atoms with Gasteiger partial charge in [-0.3, -0.25) is 0 Å². The van der Waals surface area contributed by atoms with Gasteiger partial charge in [0.25, 0.3) is 0 Å². The van der Waals surface area contributed by atoms with Crippen molar-refractivity contribution in [2.75, 3.05) is 32.5 Å². The molecule has 0 saturated heterocycles. The number of benzene rings is 1. The number of carbonyl (C=O) groups is 2. The maximum atomic E-state index is 14.0. The zero-order valence-corrected chi connectivity index (χ0v) is 14.4. The second-order valence-corrected chi connectivity index (χ2v) is 5.59. The van der Waals surface area contributed by atoms with Crippen LogP contribution in [0.3, 0.4) is 0 Å². The minimum atomic E-state index is -0.734. The predicted octanol–water partition coefficient (Wildman–Crippen LogP) is 2.29. The Hall–Kier alpha value is -1.93. The van der Waals surface area contributed by atoms with E-state index in [0.717, 1.165) is 0 Å². The average molecular weight is 388 g/mol. The van der Waals surface area contributed by atoms with E-state index in [1.807, 2.05) is 0 Å². The number of halogens is 2. The highest BCUT2D eigenvalue weighted by Crippen LogP contribution is 2.35. The highest BCUT2D eigenvalue weighted by atomic mass is 79.9. The molecular weight excluding hydrogens is 373 g/mol. The monoisotopic (exact) mass is 387 g/mol. The Morgan fingerprint density at radius 2 is 1.91 bits per heavy atom. The third kappa shape index (κ3) is 3.37. The smallest absolute Gasteiger partial charge is 0.355 e. The number of nitrogens with zero attached hydrogens (tertiary/aromatic N) is 1. The van der Waals surface area contributed by atoms with Gasteiger partial charge in [-0.1, -0.05) is 0 Å². The molecule has 0 fully saturated rings. The van der Waals surface area contributed by atoms with Gasteiger partial charge in [0.15, 0.2) is 0 Å². The Morgan fingerprint density at radius 3 is 2.52 bits per heavy atom. The third-order valence-electron chi connectivity index (χ3n) is 3.28. The zero-order chi connectivity index (χ0) is 17.1. The molecule has 23 heavy (non-hydrogen) atoms. The van der Waals surface area contributed by atoms with Crippen LogP contribution in [-0.4, -0.2) is 39.5 Å². The summed E-state index contributed by atoms with van der Waals surface area (Å²) < 4.78 is 28.9. The molecule has 1 aliphatic rings. The lowest BCUT2D eigenvalue weighted by atomic mass is 10.1. The van der Waals surface area contributed by atoms with Crippen molar-refractivity contribution in [2.45, 2.75) is 6.92 Å². The topological polar surface area (TPSA) is 65.1 Å². The normalized spacial score (nSPS) is 14.7. The van der Waals surface area contributed by atoms with Gasteiger partial charge in [0.05, 0.1) is 36.6 Å². The van der Waals surface area contributed by atoms with Gasteiger partial charge in [0.1, 0.15) is 18.2 Å². The van der Waals surface area contributed by atoms with Crippen LogP contribution in [0, 0.1) is 12.7 Å². The number of methoxy groups -OCH3 is 2. The highest BCUT2D eigenvalue weighted by Gasteiger charge is 2.33. The molecule has 1 aliphatic heterocycles. The summed E-state index contributed by atoms with van der Waals surface area (Å²) in [6.07, 6.45) is 0. The molecule has 1 aromatic rings. The second kappa shape index (κ2) is 7.10. The predicted molar refractivity (Wildman–Crippen MR) is 83.2 cm³/mol. The summed E-state index contributed by atoms with van der Waals surface area (Å²) in [6.45, 7) is 1.58. The van der Waals surface area contributed by atoms with E-state index < -0.39 is 17.8 Å². The van der Waals surface area contributed by atoms with Gasteiger partial charge < -0.3 is 19.1 Å². The fraction of sp³-hybridized carbons (Fsp3) is 0.333. The van der Waals surface area contributed by atoms with Crippen molar-refractivity contribution in [1.29, 1.82) is 0 Å². The van der Waals surface area contributed by atoms with E-state index >= 15 is 0 Å².